The summed E-state index contributed by atoms with van der Waals surface area (Å²) in [5.74, 6) is 0.702. The molecular weight excluding hydrogens is 667 g/mol. The van der Waals surface area contributed by atoms with Crippen molar-refractivity contribution in [2.45, 2.75) is 110 Å². The van der Waals surface area contributed by atoms with Crippen LogP contribution in [0.25, 0.3) is 32.7 Å². The van der Waals surface area contributed by atoms with E-state index in [0.717, 1.165) is 21.2 Å². The molecule has 0 saturated carbocycles. The molecule has 0 spiro atoms. The number of aliphatic imine (C=N–C) groups is 1. The van der Waals surface area contributed by atoms with Gasteiger partial charge in [0.15, 0.2) is 16.6 Å². The van der Waals surface area contributed by atoms with Crippen molar-refractivity contribution in [2.24, 2.45) is 4.99 Å². The number of rotatable bonds is 8. The SMILES string of the molecule is CC1(C)COC(c2cc(Br)cc(-c3ccc4c(CO[Si](C)(C)C(C)(C)C)c5ccccc5c(CO[Si](C)(C)C(C)(C)C)c4c3)c2)=N1. The van der Waals surface area contributed by atoms with E-state index in [4.69, 9.17) is 18.6 Å². The molecule has 4 aromatic carbocycles. The van der Waals surface area contributed by atoms with Gasteiger partial charge in [0.05, 0.1) is 18.8 Å². The van der Waals surface area contributed by atoms with Crippen LogP contribution in [0.15, 0.2) is 70.1 Å². The number of hydrogen-bond acceptors (Lipinski definition) is 4. The summed E-state index contributed by atoms with van der Waals surface area (Å²) in [5.41, 5.74) is 5.53. The first-order chi connectivity index (χ1) is 21.2. The van der Waals surface area contributed by atoms with Crippen molar-refractivity contribution in [3.8, 4) is 11.1 Å². The van der Waals surface area contributed by atoms with Crippen molar-refractivity contribution in [1.82, 2.24) is 0 Å². The van der Waals surface area contributed by atoms with E-state index >= 15 is 0 Å². The van der Waals surface area contributed by atoms with Gasteiger partial charge in [0.2, 0.25) is 5.90 Å². The molecule has 246 valence electrons. The van der Waals surface area contributed by atoms with Gasteiger partial charge < -0.3 is 13.6 Å². The van der Waals surface area contributed by atoms with Crippen molar-refractivity contribution in [1.29, 1.82) is 0 Å². The smallest absolute Gasteiger partial charge is 0.216 e. The lowest BCUT2D eigenvalue weighted by Crippen LogP contribution is -2.40. The van der Waals surface area contributed by atoms with Crippen molar-refractivity contribution in [3.63, 3.8) is 0 Å². The third-order valence-electron chi connectivity index (χ3n) is 10.5. The number of fused-ring (bicyclic) bond motifs is 2. The van der Waals surface area contributed by atoms with E-state index < -0.39 is 16.6 Å². The molecule has 0 radical (unpaired) electrons. The van der Waals surface area contributed by atoms with E-state index in [9.17, 15) is 0 Å². The number of nitrogens with zero attached hydrogens (tertiary/aromatic N) is 1. The Labute approximate surface area is 287 Å². The van der Waals surface area contributed by atoms with Crippen molar-refractivity contribution in [2.75, 3.05) is 6.61 Å². The van der Waals surface area contributed by atoms with Crippen LogP contribution in [0.1, 0.15) is 72.1 Å². The van der Waals surface area contributed by atoms with Gasteiger partial charge in [-0.1, -0.05) is 93.9 Å². The average molecular weight is 719 g/mol. The van der Waals surface area contributed by atoms with Gasteiger partial charge in [0, 0.05) is 10.0 Å². The van der Waals surface area contributed by atoms with Crippen LogP contribution >= 0.6 is 15.9 Å². The number of benzene rings is 4. The molecule has 0 saturated heterocycles. The lowest BCUT2D eigenvalue weighted by Gasteiger charge is -2.37. The van der Waals surface area contributed by atoms with Crippen LogP contribution in [0.5, 0.6) is 0 Å². The maximum absolute atomic E-state index is 6.94. The summed E-state index contributed by atoms with van der Waals surface area (Å²) in [6.45, 7) is 29.1. The fraction of sp³-hybridized carbons (Fsp3) is 0.462. The predicted molar refractivity (Wildman–Crippen MR) is 205 cm³/mol. The minimum atomic E-state index is -2.01. The summed E-state index contributed by atoms with van der Waals surface area (Å²) in [5, 5.41) is 5.19. The zero-order valence-corrected chi connectivity index (χ0v) is 33.5. The number of halogens is 1. The van der Waals surface area contributed by atoms with E-state index in [1.54, 1.807) is 0 Å². The standard InChI is InChI=1S/C39H52BrNO3Si2/c1-37(2,3)45(9,10)43-23-34-30-15-13-14-16-31(30)35(24-44-46(11,12)38(4,5)6)33-22-26(17-18-32(33)34)27-19-28(21-29(40)20-27)36-41-39(7,8)25-42-36/h13-22H,23-25H2,1-12H3. The second-order valence-corrected chi connectivity index (χ2v) is 27.1. The Bertz CT molecular complexity index is 1810. The highest BCUT2D eigenvalue weighted by atomic mass is 79.9. The lowest BCUT2D eigenvalue weighted by atomic mass is 9.90. The maximum atomic E-state index is 6.94. The maximum Gasteiger partial charge on any atom is 0.216 e. The molecule has 0 unspecified atom stereocenters. The zero-order valence-electron chi connectivity index (χ0n) is 29.9. The Kier molecular flexibility index (Phi) is 9.37. The molecule has 0 atom stereocenters. The van der Waals surface area contributed by atoms with Gasteiger partial charge in [-0.15, -0.1) is 0 Å². The van der Waals surface area contributed by atoms with E-state index in [-0.39, 0.29) is 15.6 Å². The third-order valence-corrected chi connectivity index (χ3v) is 19.9. The number of ether oxygens (including phenoxy) is 1. The Morgan fingerprint density at radius 3 is 1.70 bits per heavy atom. The Hall–Kier alpha value is -2.30. The van der Waals surface area contributed by atoms with E-state index in [1.165, 1.54) is 32.7 Å². The molecule has 46 heavy (non-hydrogen) atoms. The molecule has 4 nitrogen and oxygen atoms in total. The largest absolute Gasteiger partial charge is 0.475 e. The molecule has 0 bridgehead atoms. The van der Waals surface area contributed by atoms with Gasteiger partial charge in [-0.05, 0) is 118 Å². The second-order valence-electron chi connectivity index (χ2n) is 16.6. The Morgan fingerprint density at radius 2 is 1.20 bits per heavy atom. The van der Waals surface area contributed by atoms with Gasteiger partial charge >= 0.3 is 0 Å². The minimum absolute atomic E-state index is 0.118. The fourth-order valence-corrected chi connectivity index (χ4v) is 7.77. The molecule has 0 N–H and O–H groups in total. The monoisotopic (exact) mass is 717 g/mol. The highest BCUT2D eigenvalue weighted by molar-refractivity contribution is 9.10. The second kappa shape index (κ2) is 12.3. The minimum Gasteiger partial charge on any atom is -0.475 e. The number of hydrogen-bond donors (Lipinski definition) is 0. The van der Waals surface area contributed by atoms with Gasteiger partial charge in [0.1, 0.15) is 6.61 Å². The molecule has 1 aliphatic rings. The van der Waals surface area contributed by atoms with Crippen LogP contribution in [0, 0.1) is 0 Å². The van der Waals surface area contributed by atoms with Crippen LogP contribution in [0.4, 0.5) is 0 Å². The highest BCUT2D eigenvalue weighted by Crippen LogP contribution is 2.42. The molecular formula is C39H52BrNO3Si2. The van der Waals surface area contributed by atoms with E-state index in [1.807, 2.05) is 0 Å². The summed E-state index contributed by atoms with van der Waals surface area (Å²) in [7, 11) is -3.99. The average Bonchev–Trinajstić information content (AvgIpc) is 3.32. The first-order valence-corrected chi connectivity index (χ1v) is 23.1. The molecule has 0 aliphatic carbocycles. The summed E-state index contributed by atoms with van der Waals surface area (Å²) in [4.78, 5) is 4.85. The van der Waals surface area contributed by atoms with Gasteiger partial charge in [0.25, 0.3) is 0 Å². The van der Waals surface area contributed by atoms with Crippen LogP contribution in [-0.4, -0.2) is 34.7 Å². The first-order valence-electron chi connectivity index (χ1n) is 16.5. The molecule has 5 rings (SSSR count). The topological polar surface area (TPSA) is 40.0 Å². The van der Waals surface area contributed by atoms with Crippen LogP contribution in [-0.2, 0) is 26.8 Å². The molecule has 4 aromatic rings. The lowest BCUT2D eigenvalue weighted by molar-refractivity contribution is 0.277. The summed E-state index contributed by atoms with van der Waals surface area (Å²) in [6.07, 6.45) is 0. The fourth-order valence-electron chi connectivity index (χ4n) is 5.40. The van der Waals surface area contributed by atoms with Crippen molar-refractivity contribution < 1.29 is 13.6 Å². The summed E-state index contributed by atoms with van der Waals surface area (Å²) in [6, 6.07) is 22.2. The molecule has 0 aromatic heterocycles. The molecule has 0 amide bonds. The van der Waals surface area contributed by atoms with E-state index in [2.05, 4.69) is 158 Å². The van der Waals surface area contributed by atoms with Crippen molar-refractivity contribution >= 4 is 60.0 Å². The van der Waals surface area contributed by atoms with Gasteiger partial charge in [-0.25, -0.2) is 4.99 Å². The third kappa shape index (κ3) is 7.09. The van der Waals surface area contributed by atoms with Crippen LogP contribution < -0.4 is 0 Å². The van der Waals surface area contributed by atoms with Crippen molar-refractivity contribution in [3.05, 3.63) is 81.8 Å². The predicted octanol–water partition coefficient (Wildman–Crippen LogP) is 12.0. The quantitative estimate of drug-likeness (QED) is 0.134. The summed E-state index contributed by atoms with van der Waals surface area (Å²) >= 11 is 3.78. The summed E-state index contributed by atoms with van der Waals surface area (Å²) < 4.78 is 20.9. The van der Waals surface area contributed by atoms with Crippen LogP contribution in [0.3, 0.4) is 0 Å². The molecule has 1 aliphatic heterocycles. The Balaban J connectivity index is 1.71. The van der Waals surface area contributed by atoms with E-state index in [0.29, 0.717) is 25.7 Å². The Morgan fingerprint density at radius 1 is 0.696 bits per heavy atom. The van der Waals surface area contributed by atoms with Gasteiger partial charge in [-0.3, -0.25) is 0 Å². The first kappa shape index (κ1) is 35.0. The molecule has 0 fully saturated rings. The highest BCUT2D eigenvalue weighted by Gasteiger charge is 2.38. The normalized spacial score (nSPS) is 15.8. The molecule has 7 heteroatoms. The van der Waals surface area contributed by atoms with Crippen LogP contribution in [0.2, 0.25) is 36.3 Å². The zero-order chi connectivity index (χ0) is 33.9. The molecule has 1 heterocycles. The van der Waals surface area contributed by atoms with Gasteiger partial charge in [-0.2, -0.15) is 0 Å².